The fourth-order valence-electron chi connectivity index (χ4n) is 3.16. The summed E-state index contributed by atoms with van der Waals surface area (Å²) >= 11 is 4.24. The monoisotopic (exact) mass is 734 g/mol. The smallest absolute Gasteiger partial charge is 0.120 e. The third-order valence-corrected chi connectivity index (χ3v) is 4.31. The van der Waals surface area contributed by atoms with Crippen LogP contribution in [-0.4, -0.2) is 6.29 Å². The van der Waals surface area contributed by atoms with Gasteiger partial charge in [-0.25, -0.2) is 0 Å². The summed E-state index contributed by atoms with van der Waals surface area (Å²) < 4.78 is 0. The van der Waals surface area contributed by atoms with Crippen LogP contribution in [0.15, 0.2) is 42.5 Å². The number of benzene rings is 2. The molecule has 1 nitrogen and oxygen atoms in total. The molecule has 29 heavy (non-hydrogen) atoms. The molecule has 2 aromatic rings. The van der Waals surface area contributed by atoms with Crippen LogP contribution < -0.4 is 0 Å². The molecular formula is C25H37I3O. The molecule has 0 bridgehead atoms. The van der Waals surface area contributed by atoms with Crippen LogP contribution in [0.3, 0.4) is 0 Å². The minimum atomic E-state index is 0. The summed E-state index contributed by atoms with van der Waals surface area (Å²) in [7, 11) is 0. The molecule has 0 aliphatic heterocycles. The number of hydrogen-bond donors (Lipinski definition) is 0. The second kappa shape index (κ2) is 19.0. The standard InChI is InChI=1S/C14H20O.C11H16.I2.HI/c1-11(2)9-13-6-7-14(5-4-8-15)12(3)10-13;1-9(2)7-11-6-4-5-10(3)8-11;1-2;/h6-8,10-11H,4-5,9H2,1-3H3;4-6,8-9H,7H2,1-3H3;;1H. The number of hydrogen-bond acceptors (Lipinski definition) is 1. The van der Waals surface area contributed by atoms with E-state index in [-0.39, 0.29) is 24.0 Å². The lowest BCUT2D eigenvalue weighted by molar-refractivity contribution is -0.107. The summed E-state index contributed by atoms with van der Waals surface area (Å²) in [5.41, 5.74) is 6.84. The molecule has 0 spiro atoms. The van der Waals surface area contributed by atoms with Crippen molar-refractivity contribution in [2.24, 2.45) is 11.8 Å². The Bertz CT molecular complexity index is 682. The highest BCUT2D eigenvalue weighted by Gasteiger charge is 2.02. The zero-order valence-corrected chi connectivity index (χ0v) is 25.3. The van der Waals surface area contributed by atoms with Gasteiger partial charge < -0.3 is 4.79 Å². The molecule has 0 aromatic heterocycles. The van der Waals surface area contributed by atoms with E-state index in [1.165, 1.54) is 34.2 Å². The number of halogens is 3. The van der Waals surface area contributed by atoms with E-state index in [0.717, 1.165) is 25.0 Å². The van der Waals surface area contributed by atoms with Gasteiger partial charge in [0.2, 0.25) is 0 Å². The Hall–Kier alpha value is 0.300. The van der Waals surface area contributed by atoms with E-state index in [0.29, 0.717) is 12.3 Å². The van der Waals surface area contributed by atoms with E-state index >= 15 is 0 Å². The Kier molecular flexibility index (Phi) is 20.7. The number of aldehydes is 1. The second-order valence-corrected chi connectivity index (χ2v) is 8.15. The topological polar surface area (TPSA) is 17.1 Å². The fraction of sp³-hybridized carbons (Fsp3) is 0.480. The normalized spacial score (nSPS) is 9.72. The molecule has 4 heteroatoms. The molecule has 0 N–H and O–H groups in total. The minimum absolute atomic E-state index is 0. The van der Waals surface area contributed by atoms with Crippen LogP contribution >= 0.6 is 61.2 Å². The van der Waals surface area contributed by atoms with Gasteiger partial charge in [0.25, 0.3) is 0 Å². The van der Waals surface area contributed by atoms with Crippen LogP contribution in [0, 0.1) is 25.7 Å². The first-order valence-electron chi connectivity index (χ1n) is 10.0. The van der Waals surface area contributed by atoms with Crippen LogP contribution in [0.1, 0.15) is 61.9 Å². The highest BCUT2D eigenvalue weighted by atomic mass is 128. The zero-order valence-electron chi connectivity index (χ0n) is 18.7. The van der Waals surface area contributed by atoms with Crippen molar-refractivity contribution in [3.8, 4) is 0 Å². The molecule has 0 atom stereocenters. The van der Waals surface area contributed by atoms with Gasteiger partial charge in [-0.3, -0.25) is 0 Å². The van der Waals surface area contributed by atoms with Gasteiger partial charge in [0.05, 0.1) is 0 Å². The Labute approximate surface area is 219 Å². The van der Waals surface area contributed by atoms with Crippen LogP contribution in [-0.2, 0) is 24.1 Å². The Morgan fingerprint density at radius 3 is 1.86 bits per heavy atom. The van der Waals surface area contributed by atoms with Crippen LogP contribution in [0.4, 0.5) is 0 Å². The molecule has 0 amide bonds. The molecule has 0 radical (unpaired) electrons. The van der Waals surface area contributed by atoms with Crippen LogP contribution in [0.5, 0.6) is 0 Å². The summed E-state index contributed by atoms with van der Waals surface area (Å²) in [6, 6.07) is 15.3. The van der Waals surface area contributed by atoms with Gasteiger partial charge >= 0.3 is 0 Å². The van der Waals surface area contributed by atoms with Crippen molar-refractivity contribution < 1.29 is 4.79 Å². The lowest BCUT2D eigenvalue weighted by Crippen LogP contribution is -1.97. The second-order valence-electron chi connectivity index (χ2n) is 8.15. The van der Waals surface area contributed by atoms with E-state index in [9.17, 15) is 4.79 Å². The molecule has 0 heterocycles. The van der Waals surface area contributed by atoms with Crippen LogP contribution in [0.2, 0.25) is 0 Å². The minimum Gasteiger partial charge on any atom is -0.303 e. The zero-order chi connectivity index (χ0) is 21.5. The molecular weight excluding hydrogens is 697 g/mol. The predicted molar refractivity (Wildman–Crippen MR) is 157 cm³/mol. The van der Waals surface area contributed by atoms with Crippen LogP contribution in [0.25, 0.3) is 0 Å². The highest BCUT2D eigenvalue weighted by Crippen LogP contribution is 2.15. The summed E-state index contributed by atoms with van der Waals surface area (Å²) in [5.74, 6) is 1.46. The largest absolute Gasteiger partial charge is 0.303 e. The molecule has 2 rings (SSSR count). The molecule has 0 saturated heterocycles. The highest BCUT2D eigenvalue weighted by molar-refractivity contribution is 15.0. The van der Waals surface area contributed by atoms with E-state index < -0.39 is 0 Å². The number of carbonyl (C=O) groups excluding carboxylic acids is 1. The maximum absolute atomic E-state index is 10.3. The summed E-state index contributed by atoms with van der Waals surface area (Å²) in [5, 5.41) is 0. The average Bonchev–Trinajstić information content (AvgIpc) is 2.62. The Morgan fingerprint density at radius 2 is 1.41 bits per heavy atom. The lowest BCUT2D eigenvalue weighted by Gasteiger charge is -2.09. The van der Waals surface area contributed by atoms with Gasteiger partial charge in [-0.05, 0) is 67.2 Å². The average molecular weight is 734 g/mol. The van der Waals surface area contributed by atoms with E-state index in [4.69, 9.17) is 0 Å². The fourth-order valence-corrected chi connectivity index (χ4v) is 3.16. The maximum Gasteiger partial charge on any atom is 0.120 e. The third kappa shape index (κ3) is 15.7. The van der Waals surface area contributed by atoms with E-state index in [1.807, 2.05) is 0 Å². The van der Waals surface area contributed by atoms with Crippen molar-refractivity contribution in [1.29, 1.82) is 0 Å². The molecule has 0 aliphatic rings. The van der Waals surface area contributed by atoms with Gasteiger partial charge in [0.15, 0.2) is 0 Å². The first-order chi connectivity index (χ1) is 13.3. The molecule has 0 unspecified atom stereocenters. The lowest BCUT2D eigenvalue weighted by atomic mass is 9.97. The third-order valence-electron chi connectivity index (χ3n) is 4.31. The van der Waals surface area contributed by atoms with Gasteiger partial charge in [0, 0.05) is 43.7 Å². The van der Waals surface area contributed by atoms with E-state index in [1.54, 1.807) is 0 Å². The number of aryl methyl sites for hydroxylation is 3. The predicted octanol–water partition coefficient (Wildman–Crippen LogP) is 8.91. The van der Waals surface area contributed by atoms with Crippen molar-refractivity contribution in [2.75, 3.05) is 0 Å². The van der Waals surface area contributed by atoms with Gasteiger partial charge in [0.1, 0.15) is 6.29 Å². The summed E-state index contributed by atoms with van der Waals surface area (Å²) in [6.07, 6.45) is 4.82. The first kappa shape index (κ1) is 31.5. The van der Waals surface area contributed by atoms with E-state index in [2.05, 4.69) is 121 Å². The van der Waals surface area contributed by atoms with Crippen molar-refractivity contribution in [3.63, 3.8) is 0 Å². The van der Waals surface area contributed by atoms with Gasteiger partial charge in [-0.2, -0.15) is 0 Å². The van der Waals surface area contributed by atoms with Crippen molar-refractivity contribution in [2.45, 2.75) is 67.2 Å². The molecule has 0 aliphatic carbocycles. The molecule has 0 fully saturated rings. The first-order valence-corrected chi connectivity index (χ1v) is 16.3. The maximum atomic E-state index is 10.3. The van der Waals surface area contributed by atoms with Crippen molar-refractivity contribution in [3.05, 3.63) is 70.3 Å². The Balaban J connectivity index is 0. The number of rotatable bonds is 7. The van der Waals surface area contributed by atoms with Crippen molar-refractivity contribution >= 4 is 67.5 Å². The summed E-state index contributed by atoms with van der Waals surface area (Å²) in [6.45, 7) is 13.2. The van der Waals surface area contributed by atoms with Crippen molar-refractivity contribution in [1.82, 2.24) is 0 Å². The molecule has 2 aromatic carbocycles. The van der Waals surface area contributed by atoms with Gasteiger partial charge in [-0.15, -0.1) is 24.0 Å². The molecule has 164 valence electrons. The number of carbonyl (C=O) groups is 1. The Morgan fingerprint density at radius 1 is 0.862 bits per heavy atom. The quantitative estimate of drug-likeness (QED) is 0.205. The molecule has 0 saturated carbocycles. The SMILES string of the molecule is Cc1cc(CC(C)C)ccc1CCC=O.Cc1cccc(CC(C)C)c1.I.II. The summed E-state index contributed by atoms with van der Waals surface area (Å²) in [4.78, 5) is 10.3. The van der Waals surface area contributed by atoms with Gasteiger partial charge in [-0.1, -0.05) is 75.7 Å².